The lowest BCUT2D eigenvalue weighted by Gasteiger charge is -2.23. The molecule has 108 valence electrons. The monoisotopic (exact) mass is 288 g/mol. The second-order valence-corrected chi connectivity index (χ2v) is 4.69. The van der Waals surface area contributed by atoms with Crippen molar-refractivity contribution >= 4 is 28.3 Å². The molecule has 1 rings (SSSR count). The zero-order chi connectivity index (χ0) is 14.3. The molecule has 19 heavy (non-hydrogen) atoms. The first-order valence-corrected chi connectivity index (χ1v) is 6.67. The molecule has 0 aliphatic carbocycles. The maximum absolute atomic E-state index is 11.4. The van der Waals surface area contributed by atoms with Crippen LogP contribution in [0.3, 0.4) is 0 Å². The summed E-state index contributed by atoms with van der Waals surface area (Å²) in [4.78, 5) is 13.4. The molecule has 0 saturated heterocycles. The van der Waals surface area contributed by atoms with Gasteiger partial charge in [-0.25, -0.2) is 0 Å². The zero-order valence-corrected chi connectivity index (χ0v) is 12.0. The number of amides is 1. The summed E-state index contributed by atoms with van der Waals surface area (Å²) in [6, 6.07) is 0. The minimum atomic E-state index is -0.560. The summed E-state index contributed by atoms with van der Waals surface area (Å²) in [6.07, 6.45) is 0.830. The number of methoxy groups -OCH3 is 2. The van der Waals surface area contributed by atoms with Crippen molar-refractivity contribution in [1.29, 1.82) is 0 Å². The van der Waals surface area contributed by atoms with Crippen molar-refractivity contribution in [2.24, 2.45) is 5.73 Å². The van der Waals surface area contributed by atoms with Crippen LogP contribution >= 0.6 is 11.5 Å². The molecule has 0 fully saturated rings. The van der Waals surface area contributed by atoms with Gasteiger partial charge in [0.1, 0.15) is 10.6 Å². The molecular weight excluding hydrogens is 268 g/mol. The van der Waals surface area contributed by atoms with E-state index in [4.69, 9.17) is 20.9 Å². The van der Waals surface area contributed by atoms with Crippen molar-refractivity contribution < 1.29 is 14.3 Å². The number of carbonyl (C=O) groups excluding carboxylic acids is 1. The van der Waals surface area contributed by atoms with Crippen molar-refractivity contribution in [3.05, 3.63) is 5.56 Å². The molecule has 0 aliphatic heterocycles. The highest BCUT2D eigenvalue weighted by Gasteiger charge is 2.21. The van der Waals surface area contributed by atoms with Gasteiger partial charge in [-0.05, 0) is 18.0 Å². The highest BCUT2D eigenvalue weighted by molar-refractivity contribution is 7.11. The lowest BCUT2D eigenvalue weighted by atomic mass is 10.2. The second-order valence-electron chi connectivity index (χ2n) is 3.94. The highest BCUT2D eigenvalue weighted by atomic mass is 32.1. The van der Waals surface area contributed by atoms with Gasteiger partial charge in [0.2, 0.25) is 0 Å². The first kappa shape index (κ1) is 15.7. The number of nitrogen functional groups attached to an aromatic ring is 1. The van der Waals surface area contributed by atoms with Crippen LogP contribution in [0.4, 0.5) is 10.8 Å². The van der Waals surface area contributed by atoms with E-state index in [0.29, 0.717) is 30.3 Å². The second kappa shape index (κ2) is 7.93. The molecular formula is C11H20N4O3S. The van der Waals surface area contributed by atoms with Crippen LogP contribution in [0.25, 0.3) is 0 Å². The highest BCUT2D eigenvalue weighted by Crippen LogP contribution is 2.30. The number of primary amides is 1. The van der Waals surface area contributed by atoms with Crippen molar-refractivity contribution in [3.63, 3.8) is 0 Å². The molecule has 4 N–H and O–H groups in total. The summed E-state index contributed by atoms with van der Waals surface area (Å²) >= 11 is 1.17. The normalized spacial score (nSPS) is 10.6. The molecule has 7 nitrogen and oxygen atoms in total. The fourth-order valence-corrected chi connectivity index (χ4v) is 2.53. The molecule has 1 aromatic rings. The van der Waals surface area contributed by atoms with Gasteiger partial charge < -0.3 is 25.8 Å². The van der Waals surface area contributed by atoms with E-state index in [1.54, 1.807) is 14.2 Å². The van der Waals surface area contributed by atoms with Gasteiger partial charge in [0, 0.05) is 33.9 Å². The van der Waals surface area contributed by atoms with E-state index >= 15 is 0 Å². The predicted octanol–water partition coefficient (Wildman–Crippen LogP) is 0.314. The van der Waals surface area contributed by atoms with Gasteiger partial charge in [-0.15, -0.1) is 0 Å². The third-order valence-corrected chi connectivity index (χ3v) is 3.50. The molecule has 1 heterocycles. The summed E-state index contributed by atoms with van der Waals surface area (Å²) in [5, 5.41) is 0.693. The number of rotatable bonds is 9. The van der Waals surface area contributed by atoms with Crippen LogP contribution in [-0.2, 0) is 9.47 Å². The van der Waals surface area contributed by atoms with Crippen molar-refractivity contribution in [2.45, 2.75) is 6.42 Å². The average molecular weight is 288 g/mol. The van der Waals surface area contributed by atoms with Crippen LogP contribution in [0.1, 0.15) is 16.8 Å². The smallest absolute Gasteiger partial charge is 0.255 e. The van der Waals surface area contributed by atoms with Gasteiger partial charge >= 0.3 is 0 Å². The molecule has 1 aromatic heterocycles. The van der Waals surface area contributed by atoms with E-state index in [9.17, 15) is 4.79 Å². The molecule has 0 radical (unpaired) electrons. The molecule has 0 saturated carbocycles. The summed E-state index contributed by atoms with van der Waals surface area (Å²) < 4.78 is 14.1. The number of ether oxygens (including phenoxy) is 2. The maximum atomic E-state index is 11.4. The fourth-order valence-electron chi connectivity index (χ4n) is 1.66. The van der Waals surface area contributed by atoms with Gasteiger partial charge in [-0.1, -0.05) is 0 Å². The van der Waals surface area contributed by atoms with E-state index in [-0.39, 0.29) is 5.82 Å². The van der Waals surface area contributed by atoms with Crippen LogP contribution in [0.15, 0.2) is 0 Å². The summed E-state index contributed by atoms with van der Waals surface area (Å²) in [5.41, 5.74) is 11.3. The Bertz CT molecular complexity index is 411. The summed E-state index contributed by atoms with van der Waals surface area (Å²) in [7, 11) is 3.28. The molecule has 8 heteroatoms. The lowest BCUT2D eigenvalue weighted by Crippen LogP contribution is -2.30. The average Bonchev–Trinajstić information content (AvgIpc) is 2.75. The van der Waals surface area contributed by atoms with Crippen LogP contribution in [0.2, 0.25) is 0 Å². The molecule has 1 amide bonds. The molecule has 0 spiro atoms. The number of nitrogens with two attached hydrogens (primary N) is 2. The van der Waals surface area contributed by atoms with E-state index in [1.165, 1.54) is 11.5 Å². The third-order valence-electron chi connectivity index (χ3n) is 2.58. The number of anilines is 2. The lowest BCUT2D eigenvalue weighted by molar-refractivity contribution is 0.100. The van der Waals surface area contributed by atoms with E-state index in [1.807, 2.05) is 4.90 Å². The number of aromatic nitrogens is 1. The van der Waals surface area contributed by atoms with Crippen LogP contribution < -0.4 is 16.4 Å². The summed E-state index contributed by atoms with van der Waals surface area (Å²) in [6.45, 7) is 2.55. The zero-order valence-electron chi connectivity index (χ0n) is 11.2. The third kappa shape index (κ3) is 4.34. The Morgan fingerprint density at radius 1 is 1.32 bits per heavy atom. The van der Waals surface area contributed by atoms with Crippen LogP contribution in [-0.4, -0.2) is 50.8 Å². The SMILES string of the molecule is COCCCN(CCOC)c1snc(N)c1C(N)=O. The maximum Gasteiger partial charge on any atom is 0.255 e. The summed E-state index contributed by atoms with van der Waals surface area (Å²) in [5.74, 6) is -0.378. The van der Waals surface area contributed by atoms with Gasteiger partial charge in [0.25, 0.3) is 5.91 Å². The number of carbonyl (C=O) groups is 1. The minimum Gasteiger partial charge on any atom is -0.385 e. The first-order valence-electron chi connectivity index (χ1n) is 5.89. The van der Waals surface area contributed by atoms with Crippen LogP contribution in [0, 0.1) is 0 Å². The van der Waals surface area contributed by atoms with Gasteiger partial charge in [-0.3, -0.25) is 4.79 Å². The fraction of sp³-hybridized carbons (Fsp3) is 0.636. The largest absolute Gasteiger partial charge is 0.385 e. The topological polar surface area (TPSA) is 104 Å². The Morgan fingerprint density at radius 2 is 2.00 bits per heavy atom. The van der Waals surface area contributed by atoms with E-state index in [0.717, 1.165) is 13.0 Å². The molecule has 0 atom stereocenters. The quantitative estimate of drug-likeness (QED) is 0.634. The first-order chi connectivity index (χ1) is 9.11. The number of hydrogen-bond donors (Lipinski definition) is 2. The van der Waals surface area contributed by atoms with Gasteiger partial charge in [0.15, 0.2) is 5.82 Å². The Morgan fingerprint density at radius 3 is 2.58 bits per heavy atom. The Hall–Kier alpha value is -1.38. The van der Waals surface area contributed by atoms with Crippen LogP contribution in [0.5, 0.6) is 0 Å². The Labute approximate surface area is 116 Å². The van der Waals surface area contributed by atoms with Gasteiger partial charge in [0.05, 0.1) is 6.61 Å². The standard InChI is InChI=1S/C11H20N4O3S/c1-17-6-3-4-15(5-7-18-2)11-8(10(13)16)9(12)14-19-11/h3-7H2,1-2H3,(H2,12,14)(H2,13,16). The van der Waals surface area contributed by atoms with E-state index in [2.05, 4.69) is 4.37 Å². The number of nitrogens with zero attached hydrogens (tertiary/aromatic N) is 2. The molecule has 0 aromatic carbocycles. The number of hydrogen-bond acceptors (Lipinski definition) is 7. The Balaban J connectivity index is 2.86. The van der Waals surface area contributed by atoms with Gasteiger partial charge in [-0.2, -0.15) is 4.37 Å². The predicted molar refractivity (Wildman–Crippen MR) is 75.6 cm³/mol. The van der Waals surface area contributed by atoms with Crippen molar-refractivity contribution in [1.82, 2.24) is 4.37 Å². The molecule has 0 unspecified atom stereocenters. The molecule has 0 bridgehead atoms. The van der Waals surface area contributed by atoms with Crippen molar-refractivity contribution in [2.75, 3.05) is 51.2 Å². The minimum absolute atomic E-state index is 0.182. The van der Waals surface area contributed by atoms with E-state index < -0.39 is 5.91 Å². The molecule has 0 aliphatic rings. The van der Waals surface area contributed by atoms with Crippen molar-refractivity contribution in [3.8, 4) is 0 Å². The Kier molecular flexibility index (Phi) is 6.54.